The molecule has 158 valence electrons. The van der Waals surface area contributed by atoms with Crippen LogP contribution in [-0.4, -0.2) is 58.1 Å². The van der Waals surface area contributed by atoms with Gasteiger partial charge in [-0.2, -0.15) is 9.10 Å². The molecule has 0 spiro atoms. The summed E-state index contributed by atoms with van der Waals surface area (Å²) in [4.78, 5) is 5.37. The van der Waals surface area contributed by atoms with Gasteiger partial charge in [-0.25, -0.2) is 12.8 Å². The lowest BCUT2D eigenvalue weighted by atomic mass is 10.00. The lowest BCUT2D eigenvalue weighted by Crippen LogP contribution is -2.41. The molecule has 1 aliphatic rings. The van der Waals surface area contributed by atoms with Gasteiger partial charge in [-0.05, 0) is 54.3 Å². The van der Waals surface area contributed by atoms with Crippen molar-refractivity contribution in [2.45, 2.75) is 24.3 Å². The molecule has 0 bridgehead atoms. The number of hydrogen-bond donors (Lipinski definition) is 0. The molecule has 1 fully saturated rings. The average Bonchev–Trinajstić information content (AvgIpc) is 3.23. The maximum Gasteiger partial charge on any atom is 0.243 e. The summed E-state index contributed by atoms with van der Waals surface area (Å²) in [6.45, 7) is 1.14. The lowest BCUT2D eigenvalue weighted by molar-refractivity contribution is 0.231. The Morgan fingerprint density at radius 2 is 2.03 bits per heavy atom. The Bertz CT molecular complexity index is 1120. The predicted molar refractivity (Wildman–Crippen MR) is 105 cm³/mol. The van der Waals surface area contributed by atoms with Gasteiger partial charge < -0.3 is 4.74 Å². The fourth-order valence-corrected chi connectivity index (χ4v) is 5.09. The smallest absolute Gasteiger partial charge is 0.243 e. The van der Waals surface area contributed by atoms with E-state index in [4.69, 9.17) is 4.74 Å². The Kier molecular flexibility index (Phi) is 5.73. The van der Waals surface area contributed by atoms with Crippen molar-refractivity contribution in [2.24, 2.45) is 5.92 Å². The molecule has 0 radical (unpaired) electrons. The molecule has 1 atom stereocenters. The van der Waals surface area contributed by atoms with Gasteiger partial charge in [-0.15, -0.1) is 10.2 Å². The highest BCUT2D eigenvalue weighted by Gasteiger charge is 2.31. The Labute approximate surface area is 173 Å². The summed E-state index contributed by atoms with van der Waals surface area (Å²) in [6, 6.07) is 7.27. The second-order valence-corrected chi connectivity index (χ2v) is 9.01. The van der Waals surface area contributed by atoms with Gasteiger partial charge in [0.05, 0.1) is 18.6 Å². The molecular weight excluding hydrogens is 411 g/mol. The monoisotopic (exact) mass is 432 g/mol. The molecule has 0 unspecified atom stereocenters. The zero-order chi connectivity index (χ0) is 21.1. The van der Waals surface area contributed by atoms with Crippen LogP contribution in [-0.2, 0) is 16.6 Å². The fraction of sp³-hybridized carbons (Fsp3) is 0.368. The highest BCUT2D eigenvalue weighted by atomic mass is 32.2. The molecule has 1 aliphatic heterocycles. The Balaban J connectivity index is 1.47. The first kappa shape index (κ1) is 20.4. The number of aromatic nitrogens is 5. The first-order valence-corrected chi connectivity index (χ1v) is 10.9. The standard InChI is InChI=1S/C19H21FN6O3S/c1-29-18-5-4-16(11-17(18)20)30(27,28)25-10-2-3-14(12-25)13-26-23-19(22-24-26)15-6-8-21-9-7-15/h4-9,11,14H,2-3,10,12-13H2,1H3/t14-/m0/s1. The maximum atomic E-state index is 14.0. The predicted octanol–water partition coefficient (Wildman–Crippen LogP) is 1.98. The Morgan fingerprint density at radius 1 is 1.23 bits per heavy atom. The molecule has 1 aromatic carbocycles. The maximum absolute atomic E-state index is 14.0. The van der Waals surface area contributed by atoms with Gasteiger partial charge in [-0.1, -0.05) is 0 Å². The summed E-state index contributed by atoms with van der Waals surface area (Å²) in [5.41, 5.74) is 0.811. The SMILES string of the molecule is COc1ccc(S(=O)(=O)N2CCC[C@H](Cn3nnc(-c4ccncc4)n3)C2)cc1F. The van der Waals surface area contributed by atoms with Crippen molar-refractivity contribution in [1.82, 2.24) is 29.5 Å². The molecule has 0 N–H and O–H groups in total. The summed E-state index contributed by atoms with van der Waals surface area (Å²) >= 11 is 0. The molecular formula is C19H21FN6O3S. The lowest BCUT2D eigenvalue weighted by Gasteiger charge is -2.31. The van der Waals surface area contributed by atoms with Crippen LogP contribution < -0.4 is 4.74 Å². The van der Waals surface area contributed by atoms with E-state index >= 15 is 0 Å². The van der Waals surface area contributed by atoms with Crippen molar-refractivity contribution in [3.8, 4) is 17.1 Å². The molecule has 0 aliphatic carbocycles. The van der Waals surface area contributed by atoms with Crippen LogP contribution in [0.5, 0.6) is 5.75 Å². The van der Waals surface area contributed by atoms with Crippen LogP contribution in [0.15, 0.2) is 47.6 Å². The topological polar surface area (TPSA) is 103 Å². The Morgan fingerprint density at radius 3 is 2.77 bits per heavy atom. The second-order valence-electron chi connectivity index (χ2n) is 7.07. The number of hydrogen-bond acceptors (Lipinski definition) is 7. The number of rotatable bonds is 6. The molecule has 9 nitrogen and oxygen atoms in total. The molecule has 2 aromatic heterocycles. The second kappa shape index (κ2) is 8.44. The summed E-state index contributed by atoms with van der Waals surface area (Å²) in [5, 5.41) is 12.5. The largest absolute Gasteiger partial charge is 0.494 e. The summed E-state index contributed by atoms with van der Waals surface area (Å²) in [5.74, 6) is -0.183. The molecule has 4 rings (SSSR count). The van der Waals surface area contributed by atoms with Crippen LogP contribution in [0.25, 0.3) is 11.4 Å². The summed E-state index contributed by atoms with van der Waals surface area (Å²) in [6.07, 6.45) is 4.85. The van der Waals surface area contributed by atoms with E-state index < -0.39 is 15.8 Å². The van der Waals surface area contributed by atoms with E-state index in [1.165, 1.54) is 28.3 Å². The van der Waals surface area contributed by atoms with E-state index in [0.717, 1.165) is 18.1 Å². The zero-order valence-electron chi connectivity index (χ0n) is 16.3. The Hall–Kier alpha value is -2.92. The third-order valence-electron chi connectivity index (χ3n) is 5.06. The van der Waals surface area contributed by atoms with Crippen LogP contribution in [0.3, 0.4) is 0 Å². The number of nitrogens with zero attached hydrogens (tertiary/aromatic N) is 6. The molecule has 30 heavy (non-hydrogen) atoms. The number of pyridine rings is 1. The zero-order valence-corrected chi connectivity index (χ0v) is 17.2. The first-order valence-electron chi connectivity index (χ1n) is 9.49. The van der Waals surface area contributed by atoms with Crippen LogP contribution in [0.4, 0.5) is 4.39 Å². The van der Waals surface area contributed by atoms with Gasteiger partial charge in [0, 0.05) is 31.0 Å². The van der Waals surface area contributed by atoms with Gasteiger partial charge in [0.15, 0.2) is 11.6 Å². The van der Waals surface area contributed by atoms with Crippen LogP contribution >= 0.6 is 0 Å². The van der Waals surface area contributed by atoms with E-state index in [9.17, 15) is 12.8 Å². The van der Waals surface area contributed by atoms with Gasteiger partial charge in [-0.3, -0.25) is 4.98 Å². The van der Waals surface area contributed by atoms with Crippen molar-refractivity contribution in [3.63, 3.8) is 0 Å². The highest BCUT2D eigenvalue weighted by molar-refractivity contribution is 7.89. The minimum Gasteiger partial charge on any atom is -0.494 e. The van der Waals surface area contributed by atoms with Gasteiger partial charge in [0.25, 0.3) is 0 Å². The van der Waals surface area contributed by atoms with E-state index in [1.807, 2.05) is 0 Å². The van der Waals surface area contributed by atoms with Crippen molar-refractivity contribution in [3.05, 3.63) is 48.5 Å². The first-order chi connectivity index (χ1) is 14.5. The normalized spacial score (nSPS) is 17.7. The number of halogens is 1. The van der Waals surface area contributed by atoms with E-state index in [2.05, 4.69) is 20.4 Å². The third kappa shape index (κ3) is 4.17. The number of ether oxygens (including phenoxy) is 1. The summed E-state index contributed by atoms with van der Waals surface area (Å²) < 4.78 is 46.3. The van der Waals surface area contributed by atoms with Crippen LogP contribution in [0.2, 0.25) is 0 Å². The highest BCUT2D eigenvalue weighted by Crippen LogP contribution is 2.27. The van der Waals surface area contributed by atoms with Crippen LogP contribution in [0, 0.1) is 11.7 Å². The number of tetrazole rings is 1. The third-order valence-corrected chi connectivity index (χ3v) is 6.92. The van der Waals surface area contributed by atoms with Crippen molar-refractivity contribution in [2.75, 3.05) is 20.2 Å². The van der Waals surface area contributed by atoms with Crippen molar-refractivity contribution in [1.29, 1.82) is 0 Å². The van der Waals surface area contributed by atoms with Crippen LogP contribution in [0.1, 0.15) is 12.8 Å². The number of piperidine rings is 1. The van der Waals surface area contributed by atoms with Gasteiger partial charge >= 0.3 is 0 Å². The minimum absolute atomic E-state index is 0.00716. The number of sulfonamides is 1. The number of benzene rings is 1. The van der Waals surface area contributed by atoms with E-state index in [-0.39, 0.29) is 16.6 Å². The van der Waals surface area contributed by atoms with Crippen molar-refractivity contribution < 1.29 is 17.5 Å². The van der Waals surface area contributed by atoms with E-state index in [1.54, 1.807) is 24.5 Å². The molecule has 0 saturated carbocycles. The fourth-order valence-electron chi connectivity index (χ4n) is 3.52. The van der Waals surface area contributed by atoms with E-state index in [0.29, 0.717) is 31.9 Å². The number of methoxy groups -OCH3 is 1. The van der Waals surface area contributed by atoms with Gasteiger partial charge in [0.1, 0.15) is 0 Å². The summed E-state index contributed by atoms with van der Waals surface area (Å²) in [7, 11) is -2.47. The molecule has 11 heteroatoms. The molecule has 3 heterocycles. The van der Waals surface area contributed by atoms with Crippen molar-refractivity contribution >= 4 is 10.0 Å². The van der Waals surface area contributed by atoms with Gasteiger partial charge in [0.2, 0.25) is 15.8 Å². The average molecular weight is 432 g/mol. The molecule has 1 saturated heterocycles. The minimum atomic E-state index is -3.81. The quantitative estimate of drug-likeness (QED) is 0.587. The molecule has 3 aromatic rings. The molecule has 0 amide bonds.